The van der Waals surface area contributed by atoms with E-state index in [1.807, 2.05) is 6.07 Å². The second kappa shape index (κ2) is 6.34. The van der Waals surface area contributed by atoms with Crippen molar-refractivity contribution in [1.82, 2.24) is 10.2 Å². The molecular weight excluding hydrogens is 244 g/mol. The van der Waals surface area contributed by atoms with E-state index in [2.05, 4.69) is 24.1 Å². The number of amides is 1. The zero-order valence-electron chi connectivity index (χ0n) is 11.3. The fourth-order valence-corrected chi connectivity index (χ4v) is 3.23. The smallest absolute Gasteiger partial charge is 0.261 e. The molecule has 3 nitrogen and oxygen atoms in total. The van der Waals surface area contributed by atoms with Crippen LogP contribution in [0.4, 0.5) is 0 Å². The Morgan fingerprint density at radius 1 is 1.39 bits per heavy atom. The predicted octanol–water partition coefficient (Wildman–Crippen LogP) is 2.58. The first-order valence-corrected chi connectivity index (χ1v) is 7.56. The fraction of sp³-hybridized carbons (Fsp3) is 0.643. The fourth-order valence-electron chi connectivity index (χ4n) is 2.28. The van der Waals surface area contributed by atoms with Gasteiger partial charge in [-0.3, -0.25) is 4.79 Å². The summed E-state index contributed by atoms with van der Waals surface area (Å²) in [5.41, 5.74) is 1.21. The molecule has 0 atom stereocenters. The molecule has 2 rings (SSSR count). The Hall–Kier alpha value is -0.870. The summed E-state index contributed by atoms with van der Waals surface area (Å²) in [4.78, 5) is 16.4. The maximum absolute atomic E-state index is 11.9. The average Bonchev–Trinajstić information content (AvgIpc) is 2.96. The Bertz CT molecular complexity index is 388. The molecule has 1 aliphatic heterocycles. The van der Waals surface area contributed by atoms with Gasteiger partial charge in [0.1, 0.15) is 0 Å². The van der Waals surface area contributed by atoms with Crippen molar-refractivity contribution in [2.24, 2.45) is 0 Å². The number of hydrogen-bond acceptors (Lipinski definition) is 3. The lowest BCUT2D eigenvalue weighted by Gasteiger charge is -2.14. The standard InChI is InChI=1S/C14H22N2OS/c1-11-10-13(18-12(11)2)14(17)15-6-5-9-16-7-3-4-8-16/h10H,3-9H2,1-2H3,(H,15,17). The van der Waals surface area contributed by atoms with Crippen LogP contribution in [0.1, 0.15) is 39.4 Å². The molecular formula is C14H22N2OS. The highest BCUT2D eigenvalue weighted by Crippen LogP contribution is 2.20. The largest absolute Gasteiger partial charge is 0.351 e. The minimum atomic E-state index is 0.0811. The highest BCUT2D eigenvalue weighted by atomic mass is 32.1. The van der Waals surface area contributed by atoms with Gasteiger partial charge in [0.25, 0.3) is 5.91 Å². The van der Waals surface area contributed by atoms with Crippen LogP contribution in [-0.4, -0.2) is 37.0 Å². The Morgan fingerprint density at radius 2 is 2.11 bits per heavy atom. The number of likely N-dealkylation sites (tertiary alicyclic amines) is 1. The number of aryl methyl sites for hydroxylation is 2. The first-order chi connectivity index (χ1) is 8.66. The number of hydrogen-bond donors (Lipinski definition) is 1. The van der Waals surface area contributed by atoms with E-state index in [4.69, 9.17) is 0 Å². The number of carbonyl (C=O) groups is 1. The Balaban J connectivity index is 1.68. The van der Waals surface area contributed by atoms with Crippen LogP contribution in [0.5, 0.6) is 0 Å². The molecule has 1 aromatic rings. The maximum atomic E-state index is 11.9. The molecule has 0 unspecified atom stereocenters. The zero-order valence-corrected chi connectivity index (χ0v) is 12.1. The van der Waals surface area contributed by atoms with Crippen LogP contribution in [0.15, 0.2) is 6.07 Å². The summed E-state index contributed by atoms with van der Waals surface area (Å²) in [7, 11) is 0. The van der Waals surface area contributed by atoms with E-state index in [1.165, 1.54) is 36.4 Å². The van der Waals surface area contributed by atoms with E-state index in [9.17, 15) is 4.79 Å². The molecule has 0 radical (unpaired) electrons. The van der Waals surface area contributed by atoms with Gasteiger partial charge in [-0.25, -0.2) is 0 Å². The third-order valence-electron chi connectivity index (χ3n) is 3.53. The number of thiophene rings is 1. The lowest BCUT2D eigenvalue weighted by atomic mass is 10.3. The van der Waals surface area contributed by atoms with Gasteiger partial charge in [-0.2, -0.15) is 0 Å². The van der Waals surface area contributed by atoms with Gasteiger partial charge in [0.2, 0.25) is 0 Å². The molecule has 0 aromatic carbocycles. The van der Waals surface area contributed by atoms with Gasteiger partial charge in [-0.15, -0.1) is 11.3 Å². The van der Waals surface area contributed by atoms with Gasteiger partial charge in [-0.1, -0.05) is 0 Å². The summed E-state index contributed by atoms with van der Waals surface area (Å²) >= 11 is 1.58. The van der Waals surface area contributed by atoms with Gasteiger partial charge in [0.15, 0.2) is 0 Å². The Kier molecular flexibility index (Phi) is 4.78. The van der Waals surface area contributed by atoms with Crippen LogP contribution in [0.25, 0.3) is 0 Å². The summed E-state index contributed by atoms with van der Waals surface area (Å²) in [6.07, 6.45) is 3.72. The molecule has 1 aliphatic rings. The normalized spacial score (nSPS) is 16.1. The van der Waals surface area contributed by atoms with Crippen molar-refractivity contribution in [3.05, 3.63) is 21.4 Å². The van der Waals surface area contributed by atoms with Crippen molar-refractivity contribution in [2.45, 2.75) is 33.1 Å². The quantitative estimate of drug-likeness (QED) is 0.831. The van der Waals surface area contributed by atoms with E-state index in [1.54, 1.807) is 11.3 Å². The van der Waals surface area contributed by atoms with Gasteiger partial charge >= 0.3 is 0 Å². The van der Waals surface area contributed by atoms with Crippen molar-refractivity contribution in [1.29, 1.82) is 0 Å². The SMILES string of the molecule is Cc1cc(C(=O)NCCCN2CCCC2)sc1C. The van der Waals surface area contributed by atoms with Crippen LogP contribution < -0.4 is 5.32 Å². The Morgan fingerprint density at radius 3 is 2.72 bits per heavy atom. The number of rotatable bonds is 5. The first kappa shape index (κ1) is 13.6. The molecule has 1 N–H and O–H groups in total. The molecule has 1 saturated heterocycles. The summed E-state index contributed by atoms with van der Waals surface area (Å²) < 4.78 is 0. The molecule has 0 saturated carbocycles. The van der Waals surface area contributed by atoms with Crippen LogP contribution in [0.3, 0.4) is 0 Å². The van der Waals surface area contributed by atoms with Crippen molar-refractivity contribution >= 4 is 17.2 Å². The van der Waals surface area contributed by atoms with Gasteiger partial charge in [0.05, 0.1) is 4.88 Å². The summed E-state index contributed by atoms with van der Waals surface area (Å²) in [5.74, 6) is 0.0811. The molecule has 0 aliphatic carbocycles. The zero-order chi connectivity index (χ0) is 13.0. The van der Waals surface area contributed by atoms with Crippen molar-refractivity contribution in [2.75, 3.05) is 26.2 Å². The van der Waals surface area contributed by atoms with Gasteiger partial charge in [0, 0.05) is 11.4 Å². The molecule has 1 aromatic heterocycles. The number of nitrogens with one attached hydrogen (secondary N) is 1. The lowest BCUT2D eigenvalue weighted by molar-refractivity contribution is 0.0956. The van der Waals surface area contributed by atoms with E-state index in [0.29, 0.717) is 0 Å². The Labute approximate surface area is 113 Å². The third kappa shape index (κ3) is 3.56. The topological polar surface area (TPSA) is 32.3 Å². The highest BCUT2D eigenvalue weighted by Gasteiger charge is 2.12. The summed E-state index contributed by atoms with van der Waals surface area (Å²) in [6, 6.07) is 1.98. The van der Waals surface area contributed by atoms with E-state index < -0.39 is 0 Å². The number of carbonyl (C=O) groups excluding carboxylic acids is 1. The van der Waals surface area contributed by atoms with E-state index in [0.717, 1.165) is 24.4 Å². The lowest BCUT2D eigenvalue weighted by Crippen LogP contribution is -2.28. The predicted molar refractivity (Wildman–Crippen MR) is 76.4 cm³/mol. The van der Waals surface area contributed by atoms with Crippen molar-refractivity contribution in [3.8, 4) is 0 Å². The summed E-state index contributed by atoms with van der Waals surface area (Å²) in [5, 5.41) is 3.01. The second-order valence-electron chi connectivity index (χ2n) is 5.01. The molecule has 1 fully saturated rings. The molecule has 2 heterocycles. The molecule has 0 spiro atoms. The van der Waals surface area contributed by atoms with Crippen molar-refractivity contribution < 1.29 is 4.79 Å². The number of nitrogens with zero attached hydrogens (tertiary/aromatic N) is 1. The molecule has 0 bridgehead atoms. The van der Waals surface area contributed by atoms with Crippen LogP contribution in [0.2, 0.25) is 0 Å². The van der Waals surface area contributed by atoms with Crippen LogP contribution in [0, 0.1) is 13.8 Å². The highest BCUT2D eigenvalue weighted by molar-refractivity contribution is 7.14. The minimum Gasteiger partial charge on any atom is -0.351 e. The van der Waals surface area contributed by atoms with E-state index in [-0.39, 0.29) is 5.91 Å². The van der Waals surface area contributed by atoms with Crippen LogP contribution in [-0.2, 0) is 0 Å². The minimum absolute atomic E-state index is 0.0811. The molecule has 100 valence electrons. The monoisotopic (exact) mass is 266 g/mol. The van der Waals surface area contributed by atoms with E-state index >= 15 is 0 Å². The summed E-state index contributed by atoms with van der Waals surface area (Å²) in [6.45, 7) is 8.47. The average molecular weight is 266 g/mol. The molecule has 18 heavy (non-hydrogen) atoms. The third-order valence-corrected chi connectivity index (χ3v) is 4.68. The van der Waals surface area contributed by atoms with Gasteiger partial charge < -0.3 is 10.2 Å². The molecule has 4 heteroatoms. The van der Waals surface area contributed by atoms with Crippen LogP contribution >= 0.6 is 11.3 Å². The van der Waals surface area contributed by atoms with Gasteiger partial charge in [-0.05, 0) is 64.4 Å². The molecule has 1 amide bonds. The second-order valence-corrected chi connectivity index (χ2v) is 6.26. The van der Waals surface area contributed by atoms with Crippen molar-refractivity contribution in [3.63, 3.8) is 0 Å². The first-order valence-electron chi connectivity index (χ1n) is 6.74. The maximum Gasteiger partial charge on any atom is 0.261 e.